The molecule has 0 fully saturated rings. The van der Waals surface area contributed by atoms with E-state index in [4.69, 9.17) is 21.8 Å². The van der Waals surface area contributed by atoms with Gasteiger partial charge in [-0.25, -0.2) is 4.39 Å². The second-order valence-corrected chi connectivity index (χ2v) is 3.97. The predicted molar refractivity (Wildman–Crippen MR) is 67.3 cm³/mol. The van der Waals surface area contributed by atoms with E-state index in [9.17, 15) is 9.18 Å². The van der Waals surface area contributed by atoms with Gasteiger partial charge in [-0.15, -0.1) is 0 Å². The molecule has 5 heteroatoms. The lowest BCUT2D eigenvalue weighted by atomic mass is 10.2. The Balaban J connectivity index is 2.29. The Morgan fingerprint density at radius 3 is 2.78 bits per heavy atom. The summed E-state index contributed by atoms with van der Waals surface area (Å²) in [6, 6.07) is 7.66. The summed E-state index contributed by atoms with van der Waals surface area (Å²) in [7, 11) is 0. The highest BCUT2D eigenvalue weighted by Gasteiger charge is 2.06. The van der Waals surface area contributed by atoms with Gasteiger partial charge in [0.2, 0.25) is 5.91 Å². The number of carbonyl (C=O) groups is 1. The summed E-state index contributed by atoms with van der Waals surface area (Å²) in [4.78, 5) is 10.6. The molecule has 0 spiro atoms. The zero-order valence-corrected chi connectivity index (χ0v) is 9.95. The van der Waals surface area contributed by atoms with Crippen LogP contribution in [0.25, 0.3) is 17.4 Å². The van der Waals surface area contributed by atoms with Gasteiger partial charge < -0.3 is 10.2 Å². The van der Waals surface area contributed by atoms with E-state index in [1.165, 1.54) is 24.3 Å². The Hall–Kier alpha value is -2.07. The van der Waals surface area contributed by atoms with Crippen LogP contribution >= 0.6 is 11.6 Å². The van der Waals surface area contributed by atoms with Crippen LogP contribution in [0.3, 0.4) is 0 Å². The van der Waals surface area contributed by atoms with Crippen molar-refractivity contribution in [3.63, 3.8) is 0 Å². The average Bonchev–Trinajstić information content (AvgIpc) is 2.79. The maximum absolute atomic E-state index is 13.0. The highest BCUT2D eigenvalue weighted by molar-refractivity contribution is 6.31. The molecule has 0 aliphatic heterocycles. The number of carbonyl (C=O) groups excluding carboxylic acids is 1. The Morgan fingerprint density at radius 2 is 2.11 bits per heavy atom. The number of rotatable bonds is 3. The third-order valence-electron chi connectivity index (χ3n) is 2.24. The fourth-order valence-corrected chi connectivity index (χ4v) is 1.59. The normalized spacial score (nSPS) is 11.0. The Kier molecular flexibility index (Phi) is 3.48. The van der Waals surface area contributed by atoms with Crippen molar-refractivity contribution < 1.29 is 13.6 Å². The molecule has 0 bridgehead atoms. The highest BCUT2D eigenvalue weighted by atomic mass is 35.5. The fraction of sp³-hybridized carbons (Fsp3) is 0. The molecule has 0 aliphatic rings. The molecule has 1 amide bonds. The lowest BCUT2D eigenvalue weighted by molar-refractivity contribution is -0.113. The van der Waals surface area contributed by atoms with E-state index in [0.29, 0.717) is 17.1 Å². The van der Waals surface area contributed by atoms with Crippen LogP contribution in [0.1, 0.15) is 5.76 Å². The molecule has 0 saturated carbocycles. The molecule has 92 valence electrons. The lowest BCUT2D eigenvalue weighted by Gasteiger charge is -1.98. The van der Waals surface area contributed by atoms with E-state index in [2.05, 4.69) is 0 Å². The number of nitrogens with two attached hydrogens (primary N) is 1. The van der Waals surface area contributed by atoms with Crippen LogP contribution in [0.15, 0.2) is 40.8 Å². The molecule has 2 rings (SSSR count). The van der Waals surface area contributed by atoms with E-state index < -0.39 is 11.7 Å². The molecule has 18 heavy (non-hydrogen) atoms. The quantitative estimate of drug-likeness (QED) is 0.866. The van der Waals surface area contributed by atoms with Crippen molar-refractivity contribution in [2.75, 3.05) is 0 Å². The number of halogens is 2. The molecular weight excluding hydrogens is 257 g/mol. The van der Waals surface area contributed by atoms with Crippen molar-refractivity contribution in [1.82, 2.24) is 0 Å². The molecule has 1 aromatic heterocycles. The van der Waals surface area contributed by atoms with E-state index in [-0.39, 0.29) is 5.02 Å². The van der Waals surface area contributed by atoms with E-state index >= 15 is 0 Å². The molecule has 0 unspecified atom stereocenters. The van der Waals surface area contributed by atoms with Crippen LogP contribution in [-0.2, 0) is 4.79 Å². The minimum absolute atomic E-state index is 0.0260. The van der Waals surface area contributed by atoms with E-state index in [0.717, 1.165) is 0 Å². The van der Waals surface area contributed by atoms with Crippen molar-refractivity contribution >= 4 is 23.6 Å². The monoisotopic (exact) mass is 265 g/mol. The lowest BCUT2D eigenvalue weighted by Crippen LogP contribution is -2.04. The molecular formula is C13H9ClFNO2. The number of hydrogen-bond acceptors (Lipinski definition) is 2. The van der Waals surface area contributed by atoms with Crippen LogP contribution in [0.2, 0.25) is 5.02 Å². The largest absolute Gasteiger partial charge is 0.457 e. The zero-order chi connectivity index (χ0) is 13.1. The van der Waals surface area contributed by atoms with Crippen molar-refractivity contribution in [2.24, 2.45) is 5.73 Å². The first-order chi connectivity index (χ1) is 8.56. The molecule has 3 nitrogen and oxygen atoms in total. The third-order valence-corrected chi connectivity index (χ3v) is 2.53. The maximum Gasteiger partial charge on any atom is 0.241 e. The summed E-state index contributed by atoms with van der Waals surface area (Å²) >= 11 is 5.68. The van der Waals surface area contributed by atoms with Crippen LogP contribution in [0.4, 0.5) is 4.39 Å². The van der Waals surface area contributed by atoms with E-state index in [1.54, 1.807) is 18.2 Å². The van der Waals surface area contributed by atoms with Gasteiger partial charge in [-0.1, -0.05) is 11.6 Å². The molecule has 2 aromatic rings. The Bertz CT molecular complexity index is 619. The van der Waals surface area contributed by atoms with Gasteiger partial charge in [0.1, 0.15) is 17.3 Å². The topological polar surface area (TPSA) is 56.2 Å². The number of amides is 1. The fourth-order valence-electron chi connectivity index (χ4n) is 1.41. The minimum Gasteiger partial charge on any atom is -0.457 e. The molecule has 2 N–H and O–H groups in total. The van der Waals surface area contributed by atoms with Gasteiger partial charge in [-0.3, -0.25) is 4.79 Å². The highest BCUT2D eigenvalue weighted by Crippen LogP contribution is 2.26. The van der Waals surface area contributed by atoms with Gasteiger partial charge in [-0.2, -0.15) is 0 Å². The first kappa shape index (κ1) is 12.4. The van der Waals surface area contributed by atoms with Gasteiger partial charge in [-0.05, 0) is 36.4 Å². The summed E-state index contributed by atoms with van der Waals surface area (Å²) in [5.41, 5.74) is 5.62. The predicted octanol–water partition coefficient (Wildman–Crippen LogP) is 3.24. The zero-order valence-electron chi connectivity index (χ0n) is 9.19. The van der Waals surface area contributed by atoms with Crippen LogP contribution in [0, 0.1) is 5.82 Å². The van der Waals surface area contributed by atoms with Crippen LogP contribution in [-0.4, -0.2) is 5.91 Å². The number of primary amides is 1. The van der Waals surface area contributed by atoms with Gasteiger partial charge >= 0.3 is 0 Å². The van der Waals surface area contributed by atoms with Crippen molar-refractivity contribution in [1.29, 1.82) is 0 Å². The number of hydrogen-bond donors (Lipinski definition) is 1. The molecule has 1 heterocycles. The standard InChI is InChI=1S/C13H9ClFNO2/c14-10-7-8(1-4-11(10)15)12-5-2-9(18-12)3-6-13(16)17/h1-7H,(H2,16,17). The second kappa shape index (κ2) is 5.06. The SMILES string of the molecule is NC(=O)C=Cc1ccc(-c2ccc(F)c(Cl)c2)o1. The van der Waals surface area contributed by atoms with Gasteiger partial charge in [0.05, 0.1) is 5.02 Å². The summed E-state index contributed by atoms with van der Waals surface area (Å²) < 4.78 is 18.4. The Labute approximate surface area is 108 Å². The summed E-state index contributed by atoms with van der Waals surface area (Å²) in [6.07, 6.45) is 2.65. The summed E-state index contributed by atoms with van der Waals surface area (Å²) in [5.74, 6) is -0.0381. The van der Waals surface area contributed by atoms with Crippen molar-refractivity contribution in [3.8, 4) is 11.3 Å². The summed E-state index contributed by atoms with van der Waals surface area (Å²) in [6.45, 7) is 0. The Morgan fingerprint density at radius 1 is 1.33 bits per heavy atom. The number of benzene rings is 1. The smallest absolute Gasteiger partial charge is 0.241 e. The molecule has 1 aromatic carbocycles. The van der Waals surface area contributed by atoms with Crippen molar-refractivity contribution in [3.05, 3.63) is 53.0 Å². The third kappa shape index (κ3) is 2.78. The summed E-state index contributed by atoms with van der Waals surface area (Å²) in [5, 5.41) is 0.0260. The first-order valence-corrected chi connectivity index (χ1v) is 5.47. The minimum atomic E-state index is -0.558. The van der Waals surface area contributed by atoms with E-state index in [1.807, 2.05) is 0 Å². The number of furan rings is 1. The second-order valence-electron chi connectivity index (χ2n) is 3.57. The van der Waals surface area contributed by atoms with Gasteiger partial charge in [0.25, 0.3) is 0 Å². The van der Waals surface area contributed by atoms with Crippen LogP contribution < -0.4 is 5.73 Å². The first-order valence-electron chi connectivity index (χ1n) is 5.09. The molecule has 0 radical (unpaired) electrons. The maximum atomic E-state index is 13.0. The van der Waals surface area contributed by atoms with Gasteiger partial charge in [0, 0.05) is 11.6 Å². The average molecular weight is 266 g/mol. The molecule has 0 atom stereocenters. The molecule has 0 aliphatic carbocycles. The van der Waals surface area contributed by atoms with Gasteiger partial charge in [0.15, 0.2) is 0 Å². The molecule has 0 saturated heterocycles. The van der Waals surface area contributed by atoms with Crippen LogP contribution in [0.5, 0.6) is 0 Å². The van der Waals surface area contributed by atoms with Crippen molar-refractivity contribution in [2.45, 2.75) is 0 Å².